The van der Waals surface area contributed by atoms with Crippen LogP contribution in [0.3, 0.4) is 0 Å². The van der Waals surface area contributed by atoms with Crippen LogP contribution in [0, 0.1) is 0 Å². The Morgan fingerprint density at radius 1 is 0.960 bits per heavy atom. The van der Waals surface area contributed by atoms with Crippen LogP contribution in [0.4, 0.5) is 0 Å². The Balaban J connectivity index is 2.28. The molecule has 1 aliphatic rings. The largest absolute Gasteiger partial charge is 0.392 e. The Morgan fingerprint density at radius 2 is 1.44 bits per heavy atom. The minimum absolute atomic E-state index is 0.0567. The van der Waals surface area contributed by atoms with Gasteiger partial charge < -0.3 is 5.11 Å². The zero-order valence-corrected chi connectivity index (χ0v) is 16.5. The molecule has 1 nitrogen and oxygen atoms in total. The predicted octanol–water partition coefficient (Wildman–Crippen LogP) is 4.23. The highest BCUT2D eigenvalue weighted by atomic mass is 28.3. The maximum absolute atomic E-state index is 10.1. The molecule has 0 aliphatic heterocycles. The third-order valence-corrected chi connectivity index (χ3v) is 11.3. The molecule has 0 saturated carbocycles. The van der Waals surface area contributed by atoms with E-state index in [2.05, 4.69) is 94.1 Å². The molecule has 0 unspecified atom stereocenters. The van der Waals surface area contributed by atoms with E-state index in [9.17, 15) is 5.11 Å². The topological polar surface area (TPSA) is 20.2 Å². The van der Waals surface area contributed by atoms with E-state index in [0.29, 0.717) is 0 Å². The van der Waals surface area contributed by atoms with Crippen molar-refractivity contribution < 1.29 is 5.11 Å². The summed E-state index contributed by atoms with van der Waals surface area (Å²) in [7, 11) is -2.32. The van der Waals surface area contributed by atoms with Crippen LogP contribution in [0.2, 0.25) is 5.04 Å². The Bertz CT molecular complexity index is 729. The number of hydrogen-bond donors (Lipinski definition) is 1. The van der Waals surface area contributed by atoms with Gasteiger partial charge in [-0.1, -0.05) is 99.3 Å². The standard InChI is InChI=1S/C23H28OSi/c1-18(19-15-16-20(24)17-19)25(23(2,3)4,21-11-7-5-8-12-21)22-13-9-6-10-14-22/h5-15,20,24H,1,16-17H2,2-4H3/t20-/m1/s1. The number of hydrogen-bond acceptors (Lipinski definition) is 1. The van der Waals surface area contributed by atoms with Crippen molar-refractivity contribution in [1.29, 1.82) is 0 Å². The summed E-state index contributed by atoms with van der Waals surface area (Å²) in [5.74, 6) is 0. The maximum atomic E-state index is 10.1. The van der Waals surface area contributed by atoms with Crippen molar-refractivity contribution >= 4 is 18.4 Å². The van der Waals surface area contributed by atoms with Gasteiger partial charge in [0.15, 0.2) is 8.07 Å². The molecule has 1 aliphatic carbocycles. The number of aliphatic hydroxyl groups excluding tert-OH is 1. The van der Waals surface area contributed by atoms with Crippen LogP contribution in [0.15, 0.2) is 84.1 Å². The zero-order valence-electron chi connectivity index (χ0n) is 15.5. The second kappa shape index (κ2) is 6.78. The molecule has 0 heterocycles. The molecule has 0 radical (unpaired) electrons. The summed E-state index contributed by atoms with van der Waals surface area (Å²) in [6.45, 7) is 11.7. The normalized spacial score (nSPS) is 18.1. The molecule has 2 aromatic rings. The lowest BCUT2D eigenvalue weighted by molar-refractivity contribution is 0.188. The Labute approximate surface area is 152 Å². The molecular formula is C23H28OSi. The Morgan fingerprint density at radius 3 is 1.80 bits per heavy atom. The van der Waals surface area contributed by atoms with E-state index in [-0.39, 0.29) is 11.1 Å². The molecule has 2 aromatic carbocycles. The minimum atomic E-state index is -2.32. The zero-order chi connectivity index (χ0) is 18.1. The summed E-state index contributed by atoms with van der Waals surface area (Å²) in [5.41, 5.74) is 1.25. The number of allylic oxidation sites excluding steroid dienone is 1. The van der Waals surface area contributed by atoms with Gasteiger partial charge in [-0.3, -0.25) is 0 Å². The first-order valence-corrected chi connectivity index (χ1v) is 11.1. The Hall–Kier alpha value is -1.90. The maximum Gasteiger partial charge on any atom is 0.153 e. The summed E-state index contributed by atoms with van der Waals surface area (Å²) < 4.78 is 0. The van der Waals surface area contributed by atoms with Gasteiger partial charge in [0.25, 0.3) is 0 Å². The molecule has 0 fully saturated rings. The van der Waals surface area contributed by atoms with Crippen molar-refractivity contribution in [2.24, 2.45) is 0 Å². The van der Waals surface area contributed by atoms with Gasteiger partial charge in [0.2, 0.25) is 0 Å². The van der Waals surface area contributed by atoms with Gasteiger partial charge in [-0.15, -0.1) is 0 Å². The lowest BCUT2D eigenvalue weighted by Gasteiger charge is -2.46. The van der Waals surface area contributed by atoms with Crippen LogP contribution in [0.5, 0.6) is 0 Å². The molecule has 25 heavy (non-hydrogen) atoms. The van der Waals surface area contributed by atoms with Gasteiger partial charge in [0.1, 0.15) is 0 Å². The van der Waals surface area contributed by atoms with E-state index in [1.165, 1.54) is 21.1 Å². The number of aliphatic hydroxyl groups is 1. The van der Waals surface area contributed by atoms with E-state index in [1.54, 1.807) is 0 Å². The molecule has 130 valence electrons. The van der Waals surface area contributed by atoms with Crippen molar-refractivity contribution in [3.05, 3.63) is 84.1 Å². The fraction of sp³-hybridized carbons (Fsp3) is 0.304. The van der Waals surface area contributed by atoms with Crippen LogP contribution in [-0.2, 0) is 0 Å². The molecule has 0 amide bonds. The first-order chi connectivity index (χ1) is 11.9. The highest BCUT2D eigenvalue weighted by Crippen LogP contribution is 2.44. The van der Waals surface area contributed by atoms with Gasteiger partial charge in [0, 0.05) is 0 Å². The average molecular weight is 349 g/mol. The first-order valence-electron chi connectivity index (χ1n) is 9.05. The molecule has 0 bridgehead atoms. The van der Waals surface area contributed by atoms with Crippen LogP contribution < -0.4 is 10.4 Å². The molecular weight excluding hydrogens is 320 g/mol. The van der Waals surface area contributed by atoms with Crippen molar-refractivity contribution in [3.8, 4) is 0 Å². The van der Waals surface area contributed by atoms with E-state index < -0.39 is 8.07 Å². The second-order valence-corrected chi connectivity index (χ2v) is 12.8. The quantitative estimate of drug-likeness (QED) is 0.820. The van der Waals surface area contributed by atoms with Crippen molar-refractivity contribution in [2.45, 2.75) is 44.8 Å². The van der Waals surface area contributed by atoms with Gasteiger partial charge in [0.05, 0.1) is 6.10 Å². The molecule has 2 heteroatoms. The van der Waals surface area contributed by atoms with Crippen molar-refractivity contribution in [3.63, 3.8) is 0 Å². The van der Waals surface area contributed by atoms with E-state index in [0.717, 1.165) is 12.8 Å². The second-order valence-electron chi connectivity index (χ2n) is 8.03. The van der Waals surface area contributed by atoms with E-state index in [4.69, 9.17) is 0 Å². The van der Waals surface area contributed by atoms with Gasteiger partial charge in [-0.25, -0.2) is 0 Å². The lowest BCUT2D eigenvalue weighted by atomic mass is 10.2. The van der Waals surface area contributed by atoms with Crippen LogP contribution >= 0.6 is 0 Å². The summed E-state index contributed by atoms with van der Waals surface area (Å²) in [6, 6.07) is 21.8. The van der Waals surface area contributed by atoms with Gasteiger partial charge >= 0.3 is 0 Å². The third-order valence-electron chi connectivity index (χ3n) is 5.47. The lowest BCUT2D eigenvalue weighted by Crippen LogP contribution is -2.66. The molecule has 1 atom stereocenters. The highest BCUT2D eigenvalue weighted by Gasteiger charge is 2.50. The summed E-state index contributed by atoms with van der Waals surface area (Å²) in [5, 5.41) is 14.2. The molecule has 0 aromatic heterocycles. The smallest absolute Gasteiger partial charge is 0.153 e. The van der Waals surface area contributed by atoms with Gasteiger partial charge in [-0.2, -0.15) is 0 Å². The van der Waals surface area contributed by atoms with E-state index >= 15 is 0 Å². The van der Waals surface area contributed by atoms with Crippen molar-refractivity contribution in [1.82, 2.24) is 0 Å². The number of rotatable bonds is 4. The third kappa shape index (κ3) is 3.05. The van der Waals surface area contributed by atoms with Gasteiger partial charge in [-0.05, 0) is 33.8 Å². The van der Waals surface area contributed by atoms with Crippen molar-refractivity contribution in [2.75, 3.05) is 0 Å². The first kappa shape index (κ1) is 17.9. The molecule has 0 spiro atoms. The fourth-order valence-electron chi connectivity index (χ4n) is 4.40. The van der Waals surface area contributed by atoms with E-state index in [1.807, 2.05) is 0 Å². The monoisotopic (exact) mass is 348 g/mol. The van der Waals surface area contributed by atoms with Crippen LogP contribution in [0.25, 0.3) is 0 Å². The minimum Gasteiger partial charge on any atom is -0.392 e. The summed E-state index contributed by atoms with van der Waals surface area (Å²) in [6.07, 6.45) is 3.41. The highest BCUT2D eigenvalue weighted by molar-refractivity contribution is 7.09. The number of benzene rings is 2. The SMILES string of the molecule is C=C(C1=CC[C@@H](O)C1)[Si](c1ccccc1)(c1ccccc1)C(C)(C)C. The fourth-order valence-corrected chi connectivity index (χ4v) is 10.1. The molecule has 3 rings (SSSR count). The molecule has 1 N–H and O–H groups in total. The average Bonchev–Trinajstić information content (AvgIpc) is 3.02. The molecule has 0 saturated heterocycles. The van der Waals surface area contributed by atoms with Crippen LogP contribution in [-0.4, -0.2) is 19.3 Å². The van der Waals surface area contributed by atoms with Crippen LogP contribution in [0.1, 0.15) is 33.6 Å². The summed E-state index contributed by atoms with van der Waals surface area (Å²) in [4.78, 5) is 0. The summed E-state index contributed by atoms with van der Waals surface area (Å²) >= 11 is 0. The predicted molar refractivity (Wildman–Crippen MR) is 110 cm³/mol. The Kier molecular flexibility index (Phi) is 4.85.